The van der Waals surface area contributed by atoms with E-state index in [9.17, 15) is 24.2 Å². The highest BCUT2D eigenvalue weighted by molar-refractivity contribution is 6.09. The largest absolute Gasteiger partial charge is 0.504 e. The molecule has 0 radical (unpaired) electrons. The fourth-order valence-corrected chi connectivity index (χ4v) is 4.31. The number of aromatic hydroxyl groups is 1. The molecule has 1 aromatic carbocycles. The number of hydrogen-bond donors (Lipinski definition) is 4. The van der Waals surface area contributed by atoms with E-state index in [4.69, 9.17) is 0 Å². The van der Waals surface area contributed by atoms with Gasteiger partial charge >= 0.3 is 0 Å². The molecule has 0 aliphatic carbocycles. The van der Waals surface area contributed by atoms with Crippen molar-refractivity contribution in [1.82, 2.24) is 25.5 Å². The van der Waals surface area contributed by atoms with Crippen molar-refractivity contribution in [1.29, 1.82) is 0 Å². The number of amides is 2. The van der Waals surface area contributed by atoms with Gasteiger partial charge in [-0.25, -0.2) is 9.37 Å². The third-order valence-electron chi connectivity index (χ3n) is 6.26. The number of aliphatic hydroxyl groups is 1. The van der Waals surface area contributed by atoms with Crippen LogP contribution in [0.1, 0.15) is 66.7 Å². The molecule has 0 saturated carbocycles. The minimum atomic E-state index is -0.733. The van der Waals surface area contributed by atoms with Gasteiger partial charge in [-0.15, -0.1) is 0 Å². The number of aliphatic hydroxyl groups excluding tert-OH is 1. The number of nitrogens with zero attached hydrogens (tertiary/aromatic N) is 3. The summed E-state index contributed by atoms with van der Waals surface area (Å²) in [5.41, 5.74) is 1.21. The maximum atomic E-state index is 13.3. The zero-order valence-electron chi connectivity index (χ0n) is 22.5. The average molecular weight is 526 g/mol. The number of fused-ring (bicyclic) bond motifs is 1. The number of rotatable bonds is 11. The van der Waals surface area contributed by atoms with E-state index in [0.29, 0.717) is 31.6 Å². The Balaban J connectivity index is 2.00. The van der Waals surface area contributed by atoms with Crippen molar-refractivity contribution in [2.45, 2.75) is 59.2 Å². The molecule has 4 N–H and O–H groups in total. The van der Waals surface area contributed by atoms with E-state index in [-0.39, 0.29) is 34.7 Å². The van der Waals surface area contributed by atoms with Gasteiger partial charge in [-0.05, 0) is 70.4 Å². The zero-order valence-corrected chi connectivity index (χ0v) is 22.5. The highest BCUT2D eigenvalue weighted by Gasteiger charge is 2.25. The number of pyridine rings is 2. The molecule has 2 aromatic heterocycles. The van der Waals surface area contributed by atoms with Crippen LogP contribution in [-0.4, -0.2) is 74.7 Å². The lowest BCUT2D eigenvalue weighted by Crippen LogP contribution is -2.42. The lowest BCUT2D eigenvalue weighted by atomic mass is 10.0. The van der Waals surface area contributed by atoms with Crippen LogP contribution in [-0.2, 0) is 6.42 Å². The van der Waals surface area contributed by atoms with Gasteiger partial charge < -0.3 is 20.8 Å². The van der Waals surface area contributed by atoms with Crippen LogP contribution in [0.15, 0.2) is 36.5 Å². The van der Waals surface area contributed by atoms with Crippen LogP contribution < -0.4 is 10.6 Å². The quantitative estimate of drug-likeness (QED) is 0.303. The lowest BCUT2D eigenvalue weighted by molar-refractivity contribution is 0.0913. The molecule has 1 atom stereocenters. The first-order valence-corrected chi connectivity index (χ1v) is 12.7. The van der Waals surface area contributed by atoms with Crippen molar-refractivity contribution in [3.8, 4) is 5.75 Å². The van der Waals surface area contributed by atoms with E-state index in [1.807, 2.05) is 0 Å². The SMILES string of the molecule is CC(CO)NC(=O)c1nc(C(=O)NCCN(C(C)C)C(C)C)c2cc(Cc3ccc(F)cc3)cnc2c1O. The molecule has 2 heterocycles. The van der Waals surface area contributed by atoms with Crippen molar-refractivity contribution >= 4 is 22.7 Å². The van der Waals surface area contributed by atoms with Gasteiger partial charge in [0.1, 0.15) is 17.0 Å². The predicted molar refractivity (Wildman–Crippen MR) is 144 cm³/mol. The van der Waals surface area contributed by atoms with Crippen LogP contribution >= 0.6 is 0 Å². The smallest absolute Gasteiger partial charge is 0.274 e. The number of aromatic nitrogens is 2. The molecular weight excluding hydrogens is 489 g/mol. The molecule has 0 aliphatic heterocycles. The Morgan fingerprint density at radius 1 is 1.00 bits per heavy atom. The number of carbonyl (C=O) groups is 2. The van der Waals surface area contributed by atoms with E-state index in [0.717, 1.165) is 11.1 Å². The van der Waals surface area contributed by atoms with Crippen LogP contribution in [0.25, 0.3) is 10.9 Å². The second kappa shape index (κ2) is 12.7. The van der Waals surface area contributed by atoms with Crippen molar-refractivity contribution in [3.63, 3.8) is 0 Å². The summed E-state index contributed by atoms with van der Waals surface area (Å²) in [5, 5.41) is 25.9. The fourth-order valence-electron chi connectivity index (χ4n) is 4.31. The minimum absolute atomic E-state index is 0.0475. The van der Waals surface area contributed by atoms with Gasteiger partial charge in [0.05, 0.1) is 6.61 Å². The molecule has 0 saturated heterocycles. The van der Waals surface area contributed by atoms with Crippen molar-refractivity contribution < 1.29 is 24.2 Å². The number of carbonyl (C=O) groups excluding carboxylic acids is 2. The monoisotopic (exact) mass is 525 g/mol. The first-order valence-electron chi connectivity index (χ1n) is 12.7. The fraction of sp³-hybridized carbons (Fsp3) is 0.429. The molecule has 9 nitrogen and oxygen atoms in total. The van der Waals surface area contributed by atoms with E-state index >= 15 is 0 Å². The minimum Gasteiger partial charge on any atom is -0.504 e. The first kappa shape index (κ1) is 28.9. The Morgan fingerprint density at radius 3 is 2.26 bits per heavy atom. The highest BCUT2D eigenvalue weighted by Crippen LogP contribution is 2.29. The summed E-state index contributed by atoms with van der Waals surface area (Å²) in [6, 6.07) is 7.75. The Bertz CT molecular complexity index is 1270. The van der Waals surface area contributed by atoms with Crippen LogP contribution in [0.5, 0.6) is 5.75 Å². The maximum absolute atomic E-state index is 13.3. The number of halogens is 1. The Labute approximate surface area is 222 Å². The Morgan fingerprint density at radius 2 is 1.66 bits per heavy atom. The molecule has 0 spiro atoms. The molecule has 1 unspecified atom stereocenters. The van der Waals surface area contributed by atoms with Gasteiger partial charge in [0, 0.05) is 42.8 Å². The van der Waals surface area contributed by atoms with E-state index in [1.165, 1.54) is 18.3 Å². The molecule has 10 heteroatoms. The average Bonchev–Trinajstić information content (AvgIpc) is 2.87. The zero-order chi connectivity index (χ0) is 28.0. The Kier molecular flexibility index (Phi) is 9.71. The van der Waals surface area contributed by atoms with Crippen LogP contribution in [0.3, 0.4) is 0 Å². The maximum Gasteiger partial charge on any atom is 0.274 e. The second-order valence-corrected chi connectivity index (χ2v) is 9.94. The van der Waals surface area contributed by atoms with Crippen molar-refractivity contribution in [2.24, 2.45) is 0 Å². The van der Waals surface area contributed by atoms with Crippen LogP contribution in [0.4, 0.5) is 4.39 Å². The second-order valence-electron chi connectivity index (χ2n) is 9.94. The van der Waals surface area contributed by atoms with Gasteiger partial charge in [-0.3, -0.25) is 19.5 Å². The predicted octanol–water partition coefficient (Wildman–Crippen LogP) is 3.02. The van der Waals surface area contributed by atoms with Gasteiger partial charge in [-0.1, -0.05) is 12.1 Å². The summed E-state index contributed by atoms with van der Waals surface area (Å²) in [6.07, 6.45) is 1.95. The molecular formula is C28H36FN5O4. The summed E-state index contributed by atoms with van der Waals surface area (Å²) < 4.78 is 13.3. The molecule has 2 amide bonds. The lowest BCUT2D eigenvalue weighted by Gasteiger charge is -2.30. The first-order chi connectivity index (χ1) is 18.0. The van der Waals surface area contributed by atoms with Crippen molar-refractivity contribution in [3.05, 3.63) is 64.9 Å². The summed E-state index contributed by atoms with van der Waals surface area (Å²) in [4.78, 5) is 37.0. The normalized spacial score (nSPS) is 12.4. The Hall–Kier alpha value is -3.63. The highest BCUT2D eigenvalue weighted by atomic mass is 19.1. The molecule has 3 rings (SSSR count). The van der Waals surface area contributed by atoms with Gasteiger partial charge in [0.25, 0.3) is 11.8 Å². The van der Waals surface area contributed by atoms with E-state index in [2.05, 4.69) is 53.2 Å². The van der Waals surface area contributed by atoms with Gasteiger partial charge in [-0.2, -0.15) is 0 Å². The summed E-state index contributed by atoms with van der Waals surface area (Å²) in [5.74, 6) is -2.04. The number of hydrogen-bond acceptors (Lipinski definition) is 7. The number of nitrogens with one attached hydrogen (secondary N) is 2. The van der Waals surface area contributed by atoms with Gasteiger partial charge in [0.15, 0.2) is 11.4 Å². The molecule has 0 bridgehead atoms. The summed E-state index contributed by atoms with van der Waals surface area (Å²) in [6.45, 7) is 10.6. The van der Waals surface area contributed by atoms with E-state index < -0.39 is 23.6 Å². The standard InChI is InChI=1S/C28H36FN5O4/c1-16(2)34(17(3)4)11-10-30-27(37)24-22-13-20(12-19-6-8-21(29)9-7-19)14-31-23(22)26(36)25(33-24)28(38)32-18(5)15-35/h6-9,13-14,16-18,35-36H,10-12,15H2,1-5H3,(H,30,37)(H,32,38). The third-order valence-corrected chi connectivity index (χ3v) is 6.26. The molecule has 0 aliphatic rings. The summed E-state index contributed by atoms with van der Waals surface area (Å²) >= 11 is 0. The molecule has 38 heavy (non-hydrogen) atoms. The topological polar surface area (TPSA) is 128 Å². The number of benzene rings is 1. The molecule has 0 fully saturated rings. The van der Waals surface area contributed by atoms with Crippen molar-refractivity contribution in [2.75, 3.05) is 19.7 Å². The van der Waals surface area contributed by atoms with Crippen LogP contribution in [0.2, 0.25) is 0 Å². The van der Waals surface area contributed by atoms with Crippen LogP contribution in [0, 0.1) is 5.82 Å². The van der Waals surface area contributed by atoms with E-state index in [1.54, 1.807) is 25.1 Å². The molecule has 204 valence electrons. The molecule has 3 aromatic rings. The third kappa shape index (κ3) is 7.02. The van der Waals surface area contributed by atoms with Gasteiger partial charge in [0.2, 0.25) is 0 Å². The summed E-state index contributed by atoms with van der Waals surface area (Å²) in [7, 11) is 0.